The van der Waals surface area contributed by atoms with Crippen LogP contribution in [0, 0.1) is 6.92 Å². The predicted octanol–water partition coefficient (Wildman–Crippen LogP) is 3.73. The van der Waals surface area contributed by atoms with Gasteiger partial charge in [0.15, 0.2) is 5.13 Å². The quantitative estimate of drug-likeness (QED) is 0.605. The molecule has 0 unspecified atom stereocenters. The molecule has 0 bridgehead atoms. The van der Waals surface area contributed by atoms with Crippen molar-refractivity contribution in [1.82, 2.24) is 9.97 Å². The number of nitrogens with zero attached hydrogens (tertiary/aromatic N) is 2. The minimum Gasteiger partial charge on any atom is -0.326 e. The van der Waals surface area contributed by atoms with Gasteiger partial charge in [-0.25, -0.2) is 9.97 Å². The van der Waals surface area contributed by atoms with E-state index in [9.17, 15) is 9.59 Å². The molecule has 0 atom stereocenters. The molecule has 0 radical (unpaired) electrons. The number of aryl methyl sites for hydroxylation is 1. The first-order chi connectivity index (χ1) is 13.0. The number of rotatable bonds is 6. The van der Waals surface area contributed by atoms with Crippen LogP contribution in [0.4, 0.5) is 22.3 Å². The minimum atomic E-state index is -0.180. The summed E-state index contributed by atoms with van der Waals surface area (Å²) in [5, 5.41) is 11.2. The van der Waals surface area contributed by atoms with Gasteiger partial charge in [-0.1, -0.05) is 6.07 Å². The third-order valence-electron chi connectivity index (χ3n) is 3.51. The van der Waals surface area contributed by atoms with Crippen LogP contribution in [0.5, 0.6) is 0 Å². The fourth-order valence-corrected chi connectivity index (χ4v) is 3.12. The highest BCUT2D eigenvalue weighted by Gasteiger charge is 2.09. The Morgan fingerprint density at radius 2 is 1.89 bits per heavy atom. The Bertz CT molecular complexity index is 970. The van der Waals surface area contributed by atoms with Gasteiger partial charge in [-0.15, -0.1) is 11.3 Å². The van der Waals surface area contributed by atoms with Crippen molar-refractivity contribution in [2.45, 2.75) is 20.3 Å². The first-order valence-electron chi connectivity index (χ1n) is 8.29. The maximum absolute atomic E-state index is 12.3. The summed E-state index contributed by atoms with van der Waals surface area (Å²) >= 11 is 1.42. The number of pyridine rings is 1. The highest BCUT2D eigenvalue weighted by atomic mass is 32.1. The van der Waals surface area contributed by atoms with E-state index in [0.717, 1.165) is 11.4 Å². The third-order valence-corrected chi connectivity index (χ3v) is 4.32. The van der Waals surface area contributed by atoms with Crippen molar-refractivity contribution >= 4 is 45.5 Å². The minimum absolute atomic E-state index is 0.157. The fraction of sp³-hybridized carbons (Fsp3) is 0.158. The van der Waals surface area contributed by atoms with Crippen LogP contribution in [0.15, 0.2) is 48.0 Å². The smallest absolute Gasteiger partial charge is 0.230 e. The van der Waals surface area contributed by atoms with E-state index in [4.69, 9.17) is 0 Å². The van der Waals surface area contributed by atoms with Gasteiger partial charge in [0.05, 0.1) is 12.1 Å². The van der Waals surface area contributed by atoms with Crippen LogP contribution in [0.3, 0.4) is 0 Å². The number of anilines is 4. The number of amides is 2. The maximum Gasteiger partial charge on any atom is 0.230 e. The van der Waals surface area contributed by atoms with E-state index in [1.54, 1.807) is 30.5 Å². The molecule has 8 heteroatoms. The second kappa shape index (κ2) is 8.41. The lowest BCUT2D eigenvalue weighted by Gasteiger charge is -2.07. The van der Waals surface area contributed by atoms with E-state index < -0.39 is 0 Å². The van der Waals surface area contributed by atoms with Crippen LogP contribution >= 0.6 is 11.3 Å². The van der Waals surface area contributed by atoms with Crippen LogP contribution in [-0.4, -0.2) is 21.8 Å². The standard InChI is InChI=1S/C19H19N5O2S/c1-12-6-7-20-17(8-12)24-19-23-16(11-27-19)10-18(26)22-15-5-3-4-14(9-15)21-13(2)25/h3-9,11H,10H2,1-2H3,(H,21,25)(H,22,26)(H,20,23,24). The number of carbonyl (C=O) groups excluding carboxylic acids is 2. The molecule has 3 aromatic rings. The average Bonchev–Trinajstić information content (AvgIpc) is 3.01. The van der Waals surface area contributed by atoms with Gasteiger partial charge in [0, 0.05) is 29.9 Å². The van der Waals surface area contributed by atoms with E-state index in [0.29, 0.717) is 22.2 Å². The van der Waals surface area contributed by atoms with Gasteiger partial charge >= 0.3 is 0 Å². The molecule has 0 aliphatic carbocycles. The first-order valence-corrected chi connectivity index (χ1v) is 9.17. The van der Waals surface area contributed by atoms with E-state index in [1.165, 1.54) is 18.3 Å². The summed E-state index contributed by atoms with van der Waals surface area (Å²) in [6.07, 6.45) is 1.89. The molecule has 2 amide bonds. The summed E-state index contributed by atoms with van der Waals surface area (Å²) in [6, 6.07) is 10.8. The topological polar surface area (TPSA) is 96.0 Å². The van der Waals surface area contributed by atoms with Crippen molar-refractivity contribution in [1.29, 1.82) is 0 Å². The molecule has 0 fully saturated rings. The molecular formula is C19H19N5O2S. The molecule has 3 rings (SSSR count). The van der Waals surface area contributed by atoms with Crippen molar-refractivity contribution in [2.75, 3.05) is 16.0 Å². The van der Waals surface area contributed by atoms with Crippen LogP contribution in [0.1, 0.15) is 18.2 Å². The van der Waals surface area contributed by atoms with Crippen molar-refractivity contribution in [3.63, 3.8) is 0 Å². The van der Waals surface area contributed by atoms with Crippen LogP contribution in [0.25, 0.3) is 0 Å². The Labute approximate surface area is 160 Å². The number of thiazole rings is 1. The zero-order chi connectivity index (χ0) is 19.2. The highest BCUT2D eigenvalue weighted by molar-refractivity contribution is 7.13. The Kier molecular flexibility index (Phi) is 5.77. The van der Waals surface area contributed by atoms with E-state index >= 15 is 0 Å². The van der Waals surface area contributed by atoms with Crippen molar-refractivity contribution in [2.24, 2.45) is 0 Å². The van der Waals surface area contributed by atoms with Crippen LogP contribution < -0.4 is 16.0 Å². The van der Waals surface area contributed by atoms with Gasteiger partial charge in [-0.2, -0.15) is 0 Å². The Morgan fingerprint density at radius 3 is 2.63 bits per heavy atom. The van der Waals surface area contributed by atoms with E-state index in [2.05, 4.69) is 25.9 Å². The second-order valence-electron chi connectivity index (χ2n) is 5.97. The first kappa shape index (κ1) is 18.5. The summed E-state index contributed by atoms with van der Waals surface area (Å²) in [7, 11) is 0. The lowest BCUT2D eigenvalue weighted by atomic mass is 10.2. The van der Waals surface area contributed by atoms with Gasteiger partial charge in [-0.3, -0.25) is 9.59 Å². The van der Waals surface area contributed by atoms with Crippen molar-refractivity contribution < 1.29 is 9.59 Å². The summed E-state index contributed by atoms with van der Waals surface area (Å²) in [5.41, 5.74) is 3.02. The van der Waals surface area contributed by atoms with E-state index in [-0.39, 0.29) is 18.2 Å². The predicted molar refractivity (Wildman–Crippen MR) is 107 cm³/mol. The number of carbonyl (C=O) groups is 2. The van der Waals surface area contributed by atoms with Crippen molar-refractivity contribution in [3.05, 3.63) is 59.2 Å². The molecule has 0 spiro atoms. The van der Waals surface area contributed by atoms with Gasteiger partial charge in [0.1, 0.15) is 5.82 Å². The average molecular weight is 381 g/mol. The third kappa shape index (κ3) is 5.61. The molecule has 0 aliphatic rings. The van der Waals surface area contributed by atoms with Crippen molar-refractivity contribution in [3.8, 4) is 0 Å². The molecule has 3 N–H and O–H groups in total. The zero-order valence-electron chi connectivity index (χ0n) is 14.9. The Hall–Kier alpha value is -3.26. The molecule has 138 valence electrons. The number of hydrogen-bond donors (Lipinski definition) is 3. The Balaban J connectivity index is 1.58. The number of nitrogens with one attached hydrogen (secondary N) is 3. The molecule has 0 saturated heterocycles. The summed E-state index contributed by atoms with van der Waals surface area (Å²) < 4.78 is 0. The fourth-order valence-electron chi connectivity index (χ4n) is 2.41. The molecule has 1 aromatic carbocycles. The van der Waals surface area contributed by atoms with Crippen LogP contribution in [-0.2, 0) is 16.0 Å². The molecule has 2 aromatic heterocycles. The number of aromatic nitrogens is 2. The molecule has 2 heterocycles. The lowest BCUT2D eigenvalue weighted by Crippen LogP contribution is -2.15. The van der Waals surface area contributed by atoms with Gasteiger partial charge in [0.25, 0.3) is 0 Å². The van der Waals surface area contributed by atoms with Gasteiger partial charge in [0.2, 0.25) is 11.8 Å². The SMILES string of the molecule is CC(=O)Nc1cccc(NC(=O)Cc2csc(Nc3cc(C)ccn3)n2)c1. The molecule has 7 nitrogen and oxygen atoms in total. The molecule has 0 saturated carbocycles. The summed E-state index contributed by atoms with van der Waals surface area (Å²) in [6.45, 7) is 3.43. The van der Waals surface area contributed by atoms with Crippen LogP contribution in [0.2, 0.25) is 0 Å². The molecular weight excluding hydrogens is 362 g/mol. The Morgan fingerprint density at radius 1 is 1.11 bits per heavy atom. The largest absolute Gasteiger partial charge is 0.326 e. The number of benzene rings is 1. The molecule has 0 aliphatic heterocycles. The zero-order valence-corrected chi connectivity index (χ0v) is 15.8. The summed E-state index contributed by atoms with van der Waals surface area (Å²) in [5.74, 6) is 0.375. The normalized spacial score (nSPS) is 10.3. The second-order valence-corrected chi connectivity index (χ2v) is 6.83. The van der Waals surface area contributed by atoms with E-state index in [1.807, 2.05) is 24.4 Å². The highest BCUT2D eigenvalue weighted by Crippen LogP contribution is 2.21. The monoisotopic (exact) mass is 381 g/mol. The summed E-state index contributed by atoms with van der Waals surface area (Å²) in [4.78, 5) is 32.0. The lowest BCUT2D eigenvalue weighted by molar-refractivity contribution is -0.116. The van der Waals surface area contributed by atoms with Gasteiger partial charge < -0.3 is 16.0 Å². The maximum atomic E-state index is 12.3. The van der Waals surface area contributed by atoms with Gasteiger partial charge in [-0.05, 0) is 42.8 Å². The number of hydrogen-bond acceptors (Lipinski definition) is 6. The molecule has 27 heavy (non-hydrogen) atoms.